The molecule has 7 heteroatoms. The lowest BCUT2D eigenvalue weighted by molar-refractivity contribution is 0.0649. The van der Waals surface area contributed by atoms with Crippen LogP contribution in [0.25, 0.3) is 21.9 Å². The number of Topliss-reactive ketones (excluding diaryl/α,β-unsaturated/α-hetero) is 1. The lowest BCUT2D eigenvalue weighted by Gasteiger charge is -2.20. The highest BCUT2D eigenvalue weighted by molar-refractivity contribution is 6.31. The Bertz CT molecular complexity index is 1560. The SMILES string of the molecule is CCC(=O)c1c(-c2ccccc2)c2cc(Cl)ccc2c(=O)n1CCCN1C(=O)c2ccccc2C1=O. The highest BCUT2D eigenvalue weighted by Gasteiger charge is 2.34. The second kappa shape index (κ2) is 9.55. The van der Waals surface area contributed by atoms with Crippen LogP contribution in [-0.4, -0.2) is 33.6 Å². The fourth-order valence-corrected chi connectivity index (χ4v) is 4.99. The summed E-state index contributed by atoms with van der Waals surface area (Å²) in [7, 11) is 0. The van der Waals surface area contributed by atoms with Crippen LogP contribution < -0.4 is 5.56 Å². The minimum absolute atomic E-state index is 0.137. The zero-order valence-corrected chi connectivity index (χ0v) is 20.4. The summed E-state index contributed by atoms with van der Waals surface area (Å²) in [5.74, 6) is -0.856. The molecule has 0 N–H and O–H groups in total. The Morgan fingerprint density at radius 1 is 0.806 bits per heavy atom. The molecule has 0 fully saturated rings. The second-order valence-electron chi connectivity index (χ2n) is 8.67. The van der Waals surface area contributed by atoms with Crippen LogP contribution in [0.15, 0.2) is 77.6 Å². The van der Waals surface area contributed by atoms with Crippen molar-refractivity contribution in [3.05, 3.63) is 105 Å². The first-order chi connectivity index (χ1) is 17.4. The zero-order valence-electron chi connectivity index (χ0n) is 19.7. The molecule has 5 rings (SSSR count). The highest BCUT2D eigenvalue weighted by Crippen LogP contribution is 2.33. The van der Waals surface area contributed by atoms with E-state index in [4.69, 9.17) is 11.6 Å². The summed E-state index contributed by atoms with van der Waals surface area (Å²) in [6.45, 7) is 2.07. The molecule has 4 aromatic rings. The van der Waals surface area contributed by atoms with Crippen molar-refractivity contribution >= 4 is 40.0 Å². The molecule has 3 aromatic carbocycles. The topological polar surface area (TPSA) is 76.5 Å². The van der Waals surface area contributed by atoms with E-state index >= 15 is 0 Å². The van der Waals surface area contributed by atoms with E-state index in [-0.39, 0.29) is 42.7 Å². The largest absolute Gasteiger partial charge is 0.304 e. The quantitative estimate of drug-likeness (QED) is 0.245. The van der Waals surface area contributed by atoms with E-state index in [1.54, 1.807) is 49.4 Å². The minimum Gasteiger partial charge on any atom is -0.304 e. The molecule has 1 aliphatic heterocycles. The van der Waals surface area contributed by atoms with E-state index in [0.29, 0.717) is 44.6 Å². The number of fused-ring (bicyclic) bond motifs is 2. The molecule has 0 spiro atoms. The number of halogens is 1. The number of aromatic nitrogens is 1. The molecule has 180 valence electrons. The molecule has 2 amide bonds. The second-order valence-corrected chi connectivity index (χ2v) is 9.11. The van der Waals surface area contributed by atoms with Crippen molar-refractivity contribution in [2.45, 2.75) is 26.3 Å². The fourth-order valence-electron chi connectivity index (χ4n) is 4.82. The molecule has 0 saturated heterocycles. The number of carbonyl (C=O) groups excluding carboxylic acids is 3. The summed E-state index contributed by atoms with van der Waals surface area (Å²) < 4.78 is 1.49. The number of hydrogen-bond donors (Lipinski definition) is 0. The number of carbonyl (C=O) groups is 3. The average Bonchev–Trinajstić information content (AvgIpc) is 3.14. The first kappa shape index (κ1) is 23.7. The predicted octanol–water partition coefficient (Wildman–Crippen LogP) is 5.60. The molecule has 36 heavy (non-hydrogen) atoms. The van der Waals surface area contributed by atoms with Crippen LogP contribution in [0, 0.1) is 0 Å². The first-order valence-electron chi connectivity index (χ1n) is 11.8. The molecule has 0 atom stereocenters. The smallest absolute Gasteiger partial charge is 0.261 e. The van der Waals surface area contributed by atoms with Crippen LogP contribution in [0.5, 0.6) is 0 Å². The number of hydrogen-bond acceptors (Lipinski definition) is 4. The van der Waals surface area contributed by atoms with Gasteiger partial charge >= 0.3 is 0 Å². The third kappa shape index (κ3) is 3.93. The van der Waals surface area contributed by atoms with Gasteiger partial charge in [-0.25, -0.2) is 0 Å². The van der Waals surface area contributed by atoms with Gasteiger partial charge in [0.25, 0.3) is 17.4 Å². The Hall–Kier alpha value is -4.03. The van der Waals surface area contributed by atoms with E-state index in [0.717, 1.165) is 5.56 Å². The Morgan fingerprint density at radius 3 is 2.08 bits per heavy atom. The maximum absolute atomic E-state index is 13.6. The van der Waals surface area contributed by atoms with Crippen LogP contribution in [0.2, 0.25) is 5.02 Å². The number of amides is 2. The van der Waals surface area contributed by atoms with Gasteiger partial charge in [-0.1, -0.05) is 61.0 Å². The molecule has 0 unspecified atom stereocenters. The molecular weight excluding hydrogens is 476 g/mol. The summed E-state index contributed by atoms with van der Waals surface area (Å²) >= 11 is 6.29. The molecule has 1 aromatic heterocycles. The van der Waals surface area contributed by atoms with Gasteiger partial charge in [-0.15, -0.1) is 0 Å². The molecule has 1 aliphatic rings. The molecule has 2 heterocycles. The van der Waals surface area contributed by atoms with Gasteiger partial charge < -0.3 is 4.57 Å². The van der Waals surface area contributed by atoms with Gasteiger partial charge in [-0.3, -0.25) is 24.1 Å². The summed E-state index contributed by atoms with van der Waals surface area (Å²) in [5, 5.41) is 1.54. The van der Waals surface area contributed by atoms with Crippen LogP contribution in [0.4, 0.5) is 0 Å². The number of ketones is 1. The number of imide groups is 1. The lowest BCUT2D eigenvalue weighted by atomic mass is 9.94. The van der Waals surface area contributed by atoms with Crippen molar-refractivity contribution in [1.29, 1.82) is 0 Å². The fraction of sp³-hybridized carbons (Fsp3) is 0.172. The van der Waals surface area contributed by atoms with Crippen molar-refractivity contribution in [3.8, 4) is 11.1 Å². The Kier molecular flexibility index (Phi) is 6.29. The van der Waals surface area contributed by atoms with E-state index < -0.39 is 0 Å². The third-order valence-electron chi connectivity index (χ3n) is 6.52. The number of nitrogens with zero attached hydrogens (tertiary/aromatic N) is 2. The molecular formula is C29H23ClN2O4. The minimum atomic E-state index is -0.342. The number of rotatable bonds is 7. The molecule has 0 bridgehead atoms. The van der Waals surface area contributed by atoms with Gasteiger partial charge in [-0.2, -0.15) is 0 Å². The Labute approximate surface area is 212 Å². The highest BCUT2D eigenvalue weighted by atomic mass is 35.5. The standard InChI is InChI=1S/C29H23ClN2O4/c1-2-24(33)26-25(18-9-4-3-5-10-18)23-17-19(30)13-14-22(23)27(34)31(26)15-8-16-32-28(35)20-11-6-7-12-21(20)29(32)36/h3-7,9-14,17H,2,8,15-16H2,1H3. The Balaban J connectivity index is 1.58. The van der Waals surface area contributed by atoms with E-state index in [9.17, 15) is 19.2 Å². The van der Waals surface area contributed by atoms with E-state index in [2.05, 4.69) is 0 Å². The van der Waals surface area contributed by atoms with Gasteiger partial charge in [0.05, 0.1) is 16.8 Å². The van der Waals surface area contributed by atoms with Crippen LogP contribution in [-0.2, 0) is 6.54 Å². The predicted molar refractivity (Wildman–Crippen MR) is 140 cm³/mol. The van der Waals surface area contributed by atoms with Crippen LogP contribution >= 0.6 is 11.6 Å². The molecule has 0 aliphatic carbocycles. The monoisotopic (exact) mass is 498 g/mol. The lowest BCUT2D eigenvalue weighted by Crippen LogP contribution is -2.33. The summed E-state index contributed by atoms with van der Waals surface area (Å²) in [5.41, 5.74) is 2.23. The van der Waals surface area contributed by atoms with E-state index in [1.165, 1.54) is 9.47 Å². The van der Waals surface area contributed by atoms with Gasteiger partial charge in [-0.05, 0) is 47.7 Å². The number of benzene rings is 3. The molecule has 6 nitrogen and oxygen atoms in total. The van der Waals surface area contributed by atoms with Crippen molar-refractivity contribution in [2.75, 3.05) is 6.54 Å². The van der Waals surface area contributed by atoms with Gasteiger partial charge in [0.1, 0.15) is 0 Å². The van der Waals surface area contributed by atoms with Gasteiger partial charge in [0, 0.05) is 35.5 Å². The van der Waals surface area contributed by atoms with Crippen molar-refractivity contribution in [3.63, 3.8) is 0 Å². The molecule has 0 radical (unpaired) electrons. The van der Waals surface area contributed by atoms with Crippen LogP contribution in [0.3, 0.4) is 0 Å². The van der Waals surface area contributed by atoms with Crippen molar-refractivity contribution in [2.24, 2.45) is 0 Å². The Morgan fingerprint density at radius 2 is 1.44 bits per heavy atom. The van der Waals surface area contributed by atoms with Crippen LogP contribution in [0.1, 0.15) is 51.0 Å². The van der Waals surface area contributed by atoms with Gasteiger partial charge in [0.15, 0.2) is 5.78 Å². The number of pyridine rings is 1. The average molecular weight is 499 g/mol. The maximum Gasteiger partial charge on any atom is 0.261 e. The van der Waals surface area contributed by atoms with Crippen molar-refractivity contribution in [1.82, 2.24) is 9.47 Å². The third-order valence-corrected chi connectivity index (χ3v) is 6.76. The maximum atomic E-state index is 13.6. The summed E-state index contributed by atoms with van der Waals surface area (Å²) in [4.78, 5) is 53.6. The molecule has 0 saturated carbocycles. The van der Waals surface area contributed by atoms with E-state index in [1.807, 2.05) is 30.3 Å². The van der Waals surface area contributed by atoms with Gasteiger partial charge in [0.2, 0.25) is 0 Å². The zero-order chi connectivity index (χ0) is 25.4. The van der Waals surface area contributed by atoms with Crippen molar-refractivity contribution < 1.29 is 14.4 Å². The summed E-state index contributed by atoms with van der Waals surface area (Å²) in [6, 6.07) is 21.2. The summed E-state index contributed by atoms with van der Waals surface area (Å²) in [6.07, 6.45) is 0.534. The normalized spacial score (nSPS) is 12.9. The first-order valence-corrected chi connectivity index (χ1v) is 12.2.